The summed E-state index contributed by atoms with van der Waals surface area (Å²) in [6, 6.07) is 10.4. The number of benzene rings is 2. The zero-order valence-electron chi connectivity index (χ0n) is 12.6. The van der Waals surface area contributed by atoms with E-state index in [4.69, 9.17) is 27.9 Å². The third kappa shape index (κ3) is 3.10. The molecule has 1 aliphatic rings. The molecule has 0 bridgehead atoms. The van der Waals surface area contributed by atoms with Gasteiger partial charge in [0.1, 0.15) is 11.5 Å². The van der Waals surface area contributed by atoms with Gasteiger partial charge in [-0.3, -0.25) is 4.79 Å². The van der Waals surface area contributed by atoms with E-state index >= 15 is 0 Å². The molecule has 2 aromatic rings. The third-order valence-corrected chi connectivity index (χ3v) is 6.08. The highest BCUT2D eigenvalue weighted by atomic mass is 35.5. The maximum Gasteiger partial charge on any atom is 0.341 e. The van der Waals surface area contributed by atoms with Crippen LogP contribution in [-0.4, -0.2) is 37.8 Å². The van der Waals surface area contributed by atoms with Crippen molar-refractivity contribution in [2.24, 2.45) is 0 Å². The molecule has 130 valence electrons. The summed E-state index contributed by atoms with van der Waals surface area (Å²) in [6.45, 7) is -0.622. The summed E-state index contributed by atoms with van der Waals surface area (Å²) < 4.78 is 30.4. The molecule has 0 aromatic heterocycles. The van der Waals surface area contributed by atoms with Gasteiger partial charge in [-0.15, -0.1) is 0 Å². The first-order valence-electron chi connectivity index (χ1n) is 7.11. The van der Waals surface area contributed by atoms with Crippen LogP contribution < -0.4 is 0 Å². The van der Waals surface area contributed by atoms with Crippen molar-refractivity contribution >= 4 is 45.1 Å². The van der Waals surface area contributed by atoms with Gasteiger partial charge in [0.2, 0.25) is 0 Å². The van der Waals surface area contributed by atoms with E-state index in [-0.39, 0.29) is 39.2 Å². The van der Waals surface area contributed by atoms with Crippen LogP contribution in [0.3, 0.4) is 0 Å². The number of esters is 1. The number of amides is 1. The Morgan fingerprint density at radius 3 is 2.32 bits per heavy atom. The smallest absolute Gasteiger partial charge is 0.341 e. The first-order chi connectivity index (χ1) is 11.8. The Kier molecular flexibility index (Phi) is 4.73. The molecule has 3 rings (SSSR count). The Morgan fingerprint density at radius 1 is 1.04 bits per heavy atom. The largest absolute Gasteiger partial charge is 0.460 e. The summed E-state index contributed by atoms with van der Waals surface area (Å²) >= 11 is 11.8. The molecule has 1 amide bonds. The van der Waals surface area contributed by atoms with Crippen LogP contribution in [0.5, 0.6) is 0 Å². The Bertz CT molecular complexity index is 954. The van der Waals surface area contributed by atoms with Gasteiger partial charge in [-0.25, -0.2) is 17.5 Å². The molecule has 1 heterocycles. The second kappa shape index (κ2) is 6.67. The number of halogens is 2. The number of rotatable bonds is 4. The van der Waals surface area contributed by atoms with Gasteiger partial charge < -0.3 is 4.74 Å². The fourth-order valence-electron chi connectivity index (χ4n) is 2.44. The Balaban J connectivity index is 1.71. The molecule has 0 unspecified atom stereocenters. The van der Waals surface area contributed by atoms with Gasteiger partial charge in [0, 0.05) is 0 Å². The maximum atomic E-state index is 12.4. The normalized spacial score (nSPS) is 15.1. The highest BCUT2D eigenvalue weighted by molar-refractivity contribution is 7.90. The maximum absolute atomic E-state index is 12.4. The number of nitrogens with zero attached hydrogens (tertiary/aromatic N) is 1. The van der Waals surface area contributed by atoms with Gasteiger partial charge in [-0.2, -0.15) is 0 Å². The van der Waals surface area contributed by atoms with Crippen LogP contribution >= 0.6 is 23.2 Å². The van der Waals surface area contributed by atoms with Gasteiger partial charge in [0.15, 0.2) is 0 Å². The van der Waals surface area contributed by atoms with Crippen molar-refractivity contribution in [1.82, 2.24) is 4.31 Å². The van der Waals surface area contributed by atoms with Gasteiger partial charge in [0.25, 0.3) is 15.9 Å². The number of carbonyl (C=O) groups excluding carboxylic acids is 2. The topological polar surface area (TPSA) is 80.8 Å². The fourth-order valence-corrected chi connectivity index (χ4v) is 4.54. The molecule has 9 heteroatoms. The molecule has 0 radical (unpaired) electrons. The Hall–Kier alpha value is -2.09. The quantitative estimate of drug-likeness (QED) is 0.738. The monoisotopic (exact) mass is 399 g/mol. The molecule has 0 N–H and O–H groups in total. The van der Waals surface area contributed by atoms with E-state index in [0.717, 1.165) is 0 Å². The zero-order chi connectivity index (χ0) is 18.2. The predicted octanol–water partition coefficient (Wildman–Crippen LogP) is 2.99. The van der Waals surface area contributed by atoms with Crippen LogP contribution in [0.25, 0.3) is 0 Å². The predicted molar refractivity (Wildman–Crippen MR) is 91.4 cm³/mol. The average Bonchev–Trinajstić information content (AvgIpc) is 2.76. The van der Waals surface area contributed by atoms with E-state index in [1.165, 1.54) is 30.3 Å². The summed E-state index contributed by atoms with van der Waals surface area (Å²) in [4.78, 5) is 24.3. The first-order valence-corrected chi connectivity index (χ1v) is 9.31. The van der Waals surface area contributed by atoms with Crippen molar-refractivity contribution in [2.75, 3.05) is 13.2 Å². The van der Waals surface area contributed by atoms with Crippen LogP contribution in [0.1, 0.15) is 20.7 Å². The molecule has 0 aliphatic carbocycles. The second-order valence-corrected chi connectivity index (χ2v) is 7.76. The van der Waals surface area contributed by atoms with E-state index in [0.29, 0.717) is 4.31 Å². The zero-order valence-corrected chi connectivity index (χ0v) is 14.9. The molecular weight excluding hydrogens is 389 g/mol. The lowest BCUT2D eigenvalue weighted by Crippen LogP contribution is -2.33. The molecule has 0 saturated heterocycles. The van der Waals surface area contributed by atoms with Gasteiger partial charge >= 0.3 is 5.97 Å². The molecule has 0 spiro atoms. The SMILES string of the molecule is O=C(OCCN1C(=O)c2ccccc2S1(=O)=O)c1c(Cl)cccc1Cl. The Morgan fingerprint density at radius 2 is 1.68 bits per heavy atom. The van der Waals surface area contributed by atoms with Crippen LogP contribution in [0, 0.1) is 0 Å². The van der Waals surface area contributed by atoms with Crippen LogP contribution in [0.2, 0.25) is 10.0 Å². The first kappa shape index (κ1) is 17.7. The third-order valence-electron chi connectivity index (χ3n) is 3.61. The van der Waals surface area contributed by atoms with E-state index in [1.807, 2.05) is 0 Å². The minimum absolute atomic E-state index is 0.00951. The number of ether oxygens (including phenoxy) is 1. The van der Waals surface area contributed by atoms with Crippen molar-refractivity contribution in [2.45, 2.75) is 4.90 Å². The van der Waals surface area contributed by atoms with Crippen molar-refractivity contribution in [1.29, 1.82) is 0 Å². The minimum Gasteiger partial charge on any atom is -0.460 e. The van der Waals surface area contributed by atoms with E-state index in [2.05, 4.69) is 0 Å². The van der Waals surface area contributed by atoms with E-state index in [9.17, 15) is 18.0 Å². The second-order valence-electron chi connectivity index (χ2n) is 5.11. The highest BCUT2D eigenvalue weighted by Gasteiger charge is 2.40. The number of carbonyl (C=O) groups is 2. The number of hydrogen-bond acceptors (Lipinski definition) is 5. The van der Waals surface area contributed by atoms with Crippen molar-refractivity contribution in [3.8, 4) is 0 Å². The van der Waals surface area contributed by atoms with Gasteiger partial charge in [-0.1, -0.05) is 41.4 Å². The molecule has 1 aliphatic heterocycles. The molecule has 0 atom stereocenters. The highest BCUT2D eigenvalue weighted by Crippen LogP contribution is 2.30. The summed E-state index contributed by atoms with van der Waals surface area (Å²) in [6.07, 6.45) is 0. The standard InChI is InChI=1S/C16H11Cl2NO5S/c17-11-5-3-6-12(18)14(11)16(21)24-9-8-19-15(20)10-4-1-2-7-13(10)25(19,22)23/h1-7H,8-9H2. The lowest BCUT2D eigenvalue weighted by atomic mass is 10.2. The number of hydrogen-bond donors (Lipinski definition) is 0. The van der Waals surface area contributed by atoms with Crippen LogP contribution in [0.4, 0.5) is 0 Å². The molecule has 6 nitrogen and oxygen atoms in total. The van der Waals surface area contributed by atoms with Gasteiger partial charge in [-0.05, 0) is 24.3 Å². The van der Waals surface area contributed by atoms with Crippen molar-refractivity contribution in [3.63, 3.8) is 0 Å². The lowest BCUT2D eigenvalue weighted by molar-refractivity contribution is 0.0478. The number of fused-ring (bicyclic) bond motifs is 1. The molecule has 25 heavy (non-hydrogen) atoms. The van der Waals surface area contributed by atoms with E-state index < -0.39 is 21.9 Å². The fraction of sp³-hybridized carbons (Fsp3) is 0.125. The number of sulfonamides is 1. The van der Waals surface area contributed by atoms with Gasteiger partial charge in [0.05, 0.1) is 27.7 Å². The summed E-state index contributed by atoms with van der Waals surface area (Å²) in [5.74, 6) is -1.44. The van der Waals surface area contributed by atoms with Crippen molar-refractivity contribution in [3.05, 3.63) is 63.6 Å². The van der Waals surface area contributed by atoms with E-state index in [1.54, 1.807) is 12.1 Å². The minimum atomic E-state index is -3.93. The molecule has 0 saturated carbocycles. The van der Waals surface area contributed by atoms with Crippen molar-refractivity contribution < 1.29 is 22.7 Å². The molecular formula is C16H11Cl2NO5S. The Labute approximate surface area is 154 Å². The summed E-state index contributed by atoms with van der Waals surface area (Å²) in [7, 11) is -3.93. The lowest BCUT2D eigenvalue weighted by Gasteiger charge is -2.15. The average molecular weight is 400 g/mol. The summed E-state index contributed by atoms with van der Waals surface area (Å²) in [5.41, 5.74) is 0.0905. The molecule has 0 fully saturated rings. The molecule has 2 aromatic carbocycles. The van der Waals surface area contributed by atoms with Crippen LogP contribution in [0.15, 0.2) is 47.4 Å². The van der Waals surface area contributed by atoms with Crippen LogP contribution in [-0.2, 0) is 14.8 Å². The summed E-state index contributed by atoms with van der Waals surface area (Å²) in [5, 5.41) is 0.240.